The molecule has 1 amide bonds. The molecule has 24 heavy (non-hydrogen) atoms. The summed E-state index contributed by atoms with van der Waals surface area (Å²) in [6.45, 7) is 2.22. The number of aliphatic carboxylic acids is 1. The van der Waals surface area contributed by atoms with Gasteiger partial charge in [0.25, 0.3) is 0 Å². The van der Waals surface area contributed by atoms with Crippen LogP contribution in [0.2, 0.25) is 0 Å². The number of ether oxygens (including phenoxy) is 1. The number of benzene rings is 1. The quantitative estimate of drug-likeness (QED) is 0.649. The normalized spacial score (nSPS) is 33.4. The van der Waals surface area contributed by atoms with Crippen molar-refractivity contribution in [2.75, 3.05) is 13.1 Å². The monoisotopic (exact) mass is 397 g/mol. The van der Waals surface area contributed by atoms with E-state index < -0.39 is 18.1 Å². The fourth-order valence-electron chi connectivity index (χ4n) is 3.12. The first-order valence-corrected chi connectivity index (χ1v) is 8.76. The van der Waals surface area contributed by atoms with Crippen LogP contribution in [0, 0.1) is 0 Å². The third-order valence-corrected chi connectivity index (χ3v) is 5.36. The minimum Gasteiger partial charge on any atom is -0.479 e. The highest BCUT2D eigenvalue weighted by atomic mass is 79.9. The summed E-state index contributed by atoms with van der Waals surface area (Å²) in [4.78, 5) is 25.5. The molecule has 3 N–H and O–H groups in total. The molecule has 5 atom stereocenters. The number of carboxylic acid groups (broad SMARTS) is 1. The first-order valence-electron chi connectivity index (χ1n) is 7.84. The summed E-state index contributed by atoms with van der Waals surface area (Å²) in [5.74, 6) is -1.18. The zero-order chi connectivity index (χ0) is 17.3. The minimum atomic E-state index is -1.05. The molecule has 2 fully saturated rings. The molecule has 1 aromatic carbocycles. The molecule has 4 unspecified atom stereocenters. The van der Waals surface area contributed by atoms with Crippen LogP contribution in [0.15, 0.2) is 30.3 Å². The van der Waals surface area contributed by atoms with Crippen LogP contribution in [0.25, 0.3) is 0 Å². The smallest absolute Gasteiger partial charge is 0.334 e. The third-order valence-electron chi connectivity index (χ3n) is 4.30. The lowest BCUT2D eigenvalue weighted by molar-refractivity contribution is -0.167. The van der Waals surface area contributed by atoms with Gasteiger partial charge in [-0.2, -0.15) is 0 Å². The summed E-state index contributed by atoms with van der Waals surface area (Å²) in [7, 11) is 0. The number of carboxylic acids is 1. The van der Waals surface area contributed by atoms with E-state index in [-0.39, 0.29) is 29.4 Å². The lowest BCUT2D eigenvalue weighted by Gasteiger charge is -2.36. The third kappa shape index (κ3) is 3.46. The van der Waals surface area contributed by atoms with Gasteiger partial charge in [0, 0.05) is 6.54 Å². The molecule has 2 heterocycles. The van der Waals surface area contributed by atoms with Gasteiger partial charge in [-0.15, -0.1) is 0 Å². The van der Waals surface area contributed by atoms with Crippen LogP contribution in [0.3, 0.4) is 0 Å². The van der Waals surface area contributed by atoms with Crippen LogP contribution in [-0.4, -0.2) is 58.0 Å². The summed E-state index contributed by atoms with van der Waals surface area (Å²) < 4.78 is 5.37. The maximum atomic E-state index is 12.8. The number of nitrogens with one attached hydrogen (secondary N) is 2. The predicted octanol–water partition coefficient (Wildman–Crippen LogP) is 0.668. The van der Waals surface area contributed by atoms with Crippen LogP contribution >= 0.6 is 15.9 Å². The van der Waals surface area contributed by atoms with Crippen molar-refractivity contribution >= 4 is 27.8 Å². The maximum absolute atomic E-state index is 12.8. The predicted molar refractivity (Wildman–Crippen MR) is 90.5 cm³/mol. The molecule has 7 nitrogen and oxygen atoms in total. The SMILES string of the molecule is C[C@@H]1CN(C(=O)C2NNC(c3ccccc3)C2Br)CC(C(=O)O)O1. The number of nitrogens with zero attached hydrogens (tertiary/aromatic N) is 1. The Morgan fingerprint density at radius 3 is 2.62 bits per heavy atom. The molecule has 2 saturated heterocycles. The van der Waals surface area contributed by atoms with E-state index in [4.69, 9.17) is 9.84 Å². The van der Waals surface area contributed by atoms with Gasteiger partial charge in [-0.3, -0.25) is 4.79 Å². The van der Waals surface area contributed by atoms with Gasteiger partial charge in [0.1, 0.15) is 6.04 Å². The van der Waals surface area contributed by atoms with E-state index in [2.05, 4.69) is 26.8 Å². The van der Waals surface area contributed by atoms with Gasteiger partial charge in [-0.05, 0) is 12.5 Å². The van der Waals surface area contributed by atoms with E-state index in [1.165, 1.54) is 0 Å². The van der Waals surface area contributed by atoms with Crippen molar-refractivity contribution in [1.82, 2.24) is 15.8 Å². The zero-order valence-corrected chi connectivity index (χ0v) is 14.8. The van der Waals surface area contributed by atoms with Crippen molar-refractivity contribution in [2.45, 2.75) is 36.0 Å². The molecule has 0 aromatic heterocycles. The molecule has 8 heteroatoms. The lowest BCUT2D eigenvalue weighted by Crippen LogP contribution is -2.57. The van der Waals surface area contributed by atoms with Gasteiger partial charge < -0.3 is 14.7 Å². The van der Waals surface area contributed by atoms with E-state index >= 15 is 0 Å². The Bertz CT molecular complexity index is 615. The van der Waals surface area contributed by atoms with Crippen molar-refractivity contribution in [3.63, 3.8) is 0 Å². The lowest BCUT2D eigenvalue weighted by atomic mass is 10.0. The Morgan fingerprint density at radius 1 is 1.25 bits per heavy atom. The second-order valence-electron chi connectivity index (χ2n) is 6.12. The van der Waals surface area contributed by atoms with Crippen molar-refractivity contribution in [2.24, 2.45) is 0 Å². The van der Waals surface area contributed by atoms with Crippen LogP contribution in [0.5, 0.6) is 0 Å². The van der Waals surface area contributed by atoms with E-state index in [9.17, 15) is 9.59 Å². The first-order chi connectivity index (χ1) is 11.5. The number of carbonyl (C=O) groups is 2. The van der Waals surface area contributed by atoms with Crippen molar-refractivity contribution in [3.05, 3.63) is 35.9 Å². The highest BCUT2D eigenvalue weighted by Gasteiger charge is 2.43. The van der Waals surface area contributed by atoms with E-state index in [1.807, 2.05) is 30.3 Å². The second-order valence-corrected chi connectivity index (χ2v) is 7.17. The summed E-state index contributed by atoms with van der Waals surface area (Å²) >= 11 is 3.61. The highest BCUT2D eigenvalue weighted by Crippen LogP contribution is 2.30. The number of hydrogen-bond donors (Lipinski definition) is 3. The van der Waals surface area contributed by atoms with Gasteiger partial charge in [0.2, 0.25) is 5.91 Å². The van der Waals surface area contributed by atoms with Gasteiger partial charge in [0.15, 0.2) is 6.10 Å². The van der Waals surface area contributed by atoms with Crippen LogP contribution < -0.4 is 10.9 Å². The molecular weight excluding hydrogens is 378 g/mol. The number of carbonyl (C=O) groups excluding carboxylic acids is 1. The Balaban J connectivity index is 1.70. The number of morpholine rings is 1. The van der Waals surface area contributed by atoms with Crippen LogP contribution in [-0.2, 0) is 14.3 Å². The number of hydrazine groups is 1. The fourth-order valence-corrected chi connectivity index (χ4v) is 3.92. The standard InChI is InChI=1S/C16H20BrN3O4/c1-9-7-20(8-11(24-9)16(22)23)15(21)14-12(17)13(18-19-14)10-5-3-2-4-6-10/h2-6,9,11-14,18-19H,7-8H2,1H3,(H,22,23)/t9-,11?,12?,13?,14?/m1/s1. The van der Waals surface area contributed by atoms with E-state index in [0.29, 0.717) is 6.54 Å². The molecule has 3 rings (SSSR count). The minimum absolute atomic E-state index is 0.0473. The van der Waals surface area contributed by atoms with E-state index in [0.717, 1.165) is 5.56 Å². The fraction of sp³-hybridized carbons (Fsp3) is 0.500. The molecular formula is C16H20BrN3O4. The Kier molecular flexibility index (Phi) is 5.19. The van der Waals surface area contributed by atoms with Crippen molar-refractivity contribution in [3.8, 4) is 0 Å². The molecule has 0 aliphatic carbocycles. The topological polar surface area (TPSA) is 90.9 Å². The molecule has 130 valence electrons. The molecule has 0 saturated carbocycles. The Morgan fingerprint density at radius 2 is 1.96 bits per heavy atom. The molecule has 2 aliphatic heterocycles. The maximum Gasteiger partial charge on any atom is 0.334 e. The van der Waals surface area contributed by atoms with Crippen molar-refractivity contribution < 1.29 is 19.4 Å². The summed E-state index contributed by atoms with van der Waals surface area (Å²) in [6.07, 6.45) is -1.29. The van der Waals surface area contributed by atoms with Crippen LogP contribution in [0.4, 0.5) is 0 Å². The molecule has 1 aromatic rings. The van der Waals surface area contributed by atoms with E-state index in [1.54, 1.807) is 11.8 Å². The Hall–Kier alpha value is -1.48. The molecule has 2 aliphatic rings. The highest BCUT2D eigenvalue weighted by molar-refractivity contribution is 9.09. The molecule has 0 radical (unpaired) electrons. The first kappa shape index (κ1) is 17.3. The molecule has 0 bridgehead atoms. The average Bonchev–Trinajstić information content (AvgIpc) is 2.96. The summed E-state index contributed by atoms with van der Waals surface area (Å²) in [5.41, 5.74) is 7.25. The Labute approximate surface area is 148 Å². The average molecular weight is 398 g/mol. The number of amides is 1. The van der Waals surface area contributed by atoms with Gasteiger partial charge in [0.05, 0.1) is 23.5 Å². The van der Waals surface area contributed by atoms with Crippen molar-refractivity contribution in [1.29, 1.82) is 0 Å². The van der Waals surface area contributed by atoms with Gasteiger partial charge in [-0.1, -0.05) is 46.3 Å². The number of rotatable bonds is 3. The second kappa shape index (κ2) is 7.18. The summed E-state index contributed by atoms with van der Waals surface area (Å²) in [6, 6.07) is 9.32. The van der Waals surface area contributed by atoms with Gasteiger partial charge >= 0.3 is 5.97 Å². The number of alkyl halides is 1. The molecule has 0 spiro atoms. The van der Waals surface area contributed by atoms with Gasteiger partial charge in [-0.25, -0.2) is 15.6 Å². The number of hydrogen-bond acceptors (Lipinski definition) is 5. The summed E-state index contributed by atoms with van der Waals surface area (Å²) in [5, 5.41) is 9.16. The number of halogens is 1. The largest absolute Gasteiger partial charge is 0.479 e. The zero-order valence-electron chi connectivity index (χ0n) is 13.2. The van der Waals surface area contributed by atoms with Crippen LogP contribution in [0.1, 0.15) is 18.5 Å².